The average Bonchev–Trinajstić information content (AvgIpc) is 3.09. The number of ether oxygens (including phenoxy) is 1. The van der Waals surface area contributed by atoms with Gasteiger partial charge in [0.15, 0.2) is 17.4 Å². The van der Waals surface area contributed by atoms with Crippen LogP contribution in [0.3, 0.4) is 0 Å². The lowest BCUT2D eigenvalue weighted by Crippen LogP contribution is -2.31. The first kappa shape index (κ1) is 20.9. The fourth-order valence-electron chi connectivity index (χ4n) is 2.78. The van der Waals surface area contributed by atoms with E-state index in [1.54, 1.807) is 10.9 Å². The second-order valence-electron chi connectivity index (χ2n) is 6.92. The maximum absolute atomic E-state index is 12.1. The fourth-order valence-corrected chi connectivity index (χ4v) is 3.14. The predicted octanol–water partition coefficient (Wildman–Crippen LogP) is 2.87. The number of thioether (sulfide) groups is 1. The van der Waals surface area contributed by atoms with Gasteiger partial charge in [0.1, 0.15) is 11.6 Å². The Morgan fingerprint density at radius 2 is 2.14 bits per heavy atom. The second kappa shape index (κ2) is 9.60. The van der Waals surface area contributed by atoms with Gasteiger partial charge in [0.05, 0.1) is 18.1 Å². The minimum Gasteiger partial charge on any atom is -0.484 e. The minimum atomic E-state index is -0.176. The van der Waals surface area contributed by atoms with E-state index in [-0.39, 0.29) is 18.6 Å². The maximum atomic E-state index is 12.1. The lowest BCUT2D eigenvalue weighted by atomic mass is 10.2. The van der Waals surface area contributed by atoms with Crippen molar-refractivity contribution in [3.05, 3.63) is 36.0 Å². The topological polar surface area (TPSA) is 94.0 Å². The molecule has 0 spiro atoms. The number of rotatable bonds is 9. The summed E-state index contributed by atoms with van der Waals surface area (Å²) in [5.74, 6) is 1.28. The van der Waals surface area contributed by atoms with Gasteiger partial charge in [-0.3, -0.25) is 4.79 Å². The lowest BCUT2D eigenvalue weighted by Gasteiger charge is -2.11. The van der Waals surface area contributed by atoms with Crippen LogP contribution in [0.5, 0.6) is 5.75 Å². The molecule has 0 unspecified atom stereocenters. The summed E-state index contributed by atoms with van der Waals surface area (Å²) in [6.07, 6.45) is 3.70. The average molecular weight is 415 g/mol. The van der Waals surface area contributed by atoms with Crippen molar-refractivity contribution >= 4 is 34.5 Å². The highest BCUT2D eigenvalue weighted by molar-refractivity contribution is 7.98. The van der Waals surface area contributed by atoms with Crippen molar-refractivity contribution in [2.45, 2.75) is 38.5 Å². The number of nitrogens with one attached hydrogen (secondary N) is 2. The number of hydrogen-bond acceptors (Lipinski definition) is 7. The number of hydrogen-bond donors (Lipinski definition) is 2. The van der Waals surface area contributed by atoms with E-state index >= 15 is 0 Å². The Hall–Kier alpha value is -2.81. The van der Waals surface area contributed by atoms with Crippen LogP contribution in [-0.4, -0.2) is 51.1 Å². The Balaban J connectivity index is 1.59. The molecule has 2 N–H and O–H groups in total. The van der Waals surface area contributed by atoms with Crippen LogP contribution in [0.25, 0.3) is 11.0 Å². The molecule has 8 nitrogen and oxygen atoms in total. The molecule has 3 rings (SSSR count). The zero-order valence-electron chi connectivity index (χ0n) is 17.1. The van der Waals surface area contributed by atoms with Crippen LogP contribution >= 0.6 is 11.8 Å². The smallest absolute Gasteiger partial charge is 0.258 e. The van der Waals surface area contributed by atoms with Gasteiger partial charge in [0.25, 0.3) is 5.91 Å². The largest absolute Gasteiger partial charge is 0.484 e. The highest BCUT2D eigenvalue weighted by atomic mass is 32.2. The molecule has 0 radical (unpaired) electrons. The van der Waals surface area contributed by atoms with Gasteiger partial charge in [-0.25, -0.2) is 14.6 Å². The zero-order valence-corrected chi connectivity index (χ0v) is 17.9. The summed E-state index contributed by atoms with van der Waals surface area (Å²) in [7, 11) is 0. The van der Waals surface area contributed by atoms with E-state index in [9.17, 15) is 4.79 Å². The van der Waals surface area contributed by atoms with Crippen molar-refractivity contribution in [2.75, 3.05) is 24.7 Å². The summed E-state index contributed by atoms with van der Waals surface area (Å²) in [4.78, 5) is 21.2. The van der Waals surface area contributed by atoms with Gasteiger partial charge in [0.2, 0.25) is 0 Å². The molecular formula is C20H26N6O2S. The number of anilines is 1. The van der Waals surface area contributed by atoms with Crippen molar-refractivity contribution in [3.63, 3.8) is 0 Å². The molecule has 0 aliphatic carbocycles. The lowest BCUT2D eigenvalue weighted by molar-refractivity contribution is -0.123. The number of benzene rings is 1. The zero-order chi connectivity index (χ0) is 20.8. The molecule has 0 saturated heterocycles. The number of carbonyl (C=O) groups is 1. The molecule has 2 aromatic heterocycles. The maximum Gasteiger partial charge on any atom is 0.258 e. The van der Waals surface area contributed by atoms with Crippen LogP contribution in [-0.2, 0) is 11.3 Å². The Morgan fingerprint density at radius 1 is 1.31 bits per heavy atom. The van der Waals surface area contributed by atoms with Gasteiger partial charge in [-0.05, 0) is 44.7 Å². The number of nitrogens with zero attached hydrogens (tertiary/aromatic N) is 4. The summed E-state index contributed by atoms with van der Waals surface area (Å²) in [5, 5.41) is 12.2. The number of carbonyl (C=O) groups excluding carboxylic acids is 1. The summed E-state index contributed by atoms with van der Waals surface area (Å²) < 4.78 is 7.31. The summed E-state index contributed by atoms with van der Waals surface area (Å²) in [5.41, 5.74) is 1.84. The second-order valence-corrected chi connectivity index (χ2v) is 7.69. The molecule has 0 fully saturated rings. The predicted molar refractivity (Wildman–Crippen MR) is 116 cm³/mol. The van der Waals surface area contributed by atoms with E-state index in [4.69, 9.17) is 4.74 Å². The Morgan fingerprint density at radius 3 is 2.86 bits per heavy atom. The van der Waals surface area contributed by atoms with Gasteiger partial charge in [-0.2, -0.15) is 5.10 Å². The third-order valence-corrected chi connectivity index (χ3v) is 4.64. The monoisotopic (exact) mass is 414 g/mol. The first-order chi connectivity index (χ1) is 14.0. The van der Waals surface area contributed by atoms with Crippen LogP contribution < -0.4 is 15.4 Å². The summed E-state index contributed by atoms with van der Waals surface area (Å²) in [6, 6.07) is 7.86. The molecule has 0 aliphatic rings. The molecule has 3 aromatic rings. The third kappa shape index (κ3) is 5.60. The summed E-state index contributed by atoms with van der Waals surface area (Å²) >= 11 is 1.48. The molecule has 0 bridgehead atoms. The first-order valence-corrected chi connectivity index (χ1v) is 10.7. The third-order valence-electron chi connectivity index (χ3n) is 4.09. The molecule has 2 heterocycles. The molecule has 9 heteroatoms. The van der Waals surface area contributed by atoms with Crippen LogP contribution in [0.4, 0.5) is 5.82 Å². The van der Waals surface area contributed by atoms with Gasteiger partial charge in [-0.1, -0.05) is 23.9 Å². The number of fused-ring (bicyclic) bond motifs is 1. The molecule has 29 heavy (non-hydrogen) atoms. The molecule has 1 amide bonds. The van der Waals surface area contributed by atoms with Crippen molar-refractivity contribution in [1.29, 1.82) is 0 Å². The van der Waals surface area contributed by atoms with E-state index in [2.05, 4.69) is 39.5 Å². The van der Waals surface area contributed by atoms with Gasteiger partial charge in [-0.15, -0.1) is 0 Å². The van der Waals surface area contributed by atoms with Crippen LogP contribution in [0.2, 0.25) is 0 Å². The van der Waals surface area contributed by atoms with Gasteiger partial charge in [0, 0.05) is 12.6 Å². The summed E-state index contributed by atoms with van der Waals surface area (Å²) in [6.45, 7) is 7.01. The minimum absolute atomic E-state index is 0.0233. The Kier molecular flexibility index (Phi) is 6.92. The SMILES string of the molecule is CSc1nc(NC(C)C)c2cnn(CCNC(=O)COc3cccc(C)c3)c2n1. The van der Waals surface area contributed by atoms with Crippen LogP contribution in [0.1, 0.15) is 19.4 Å². The molecule has 1 aromatic carbocycles. The van der Waals surface area contributed by atoms with Crippen LogP contribution in [0.15, 0.2) is 35.6 Å². The van der Waals surface area contributed by atoms with Crippen molar-refractivity contribution in [1.82, 2.24) is 25.1 Å². The standard InChI is InChI=1S/C20H26N6O2S/c1-13(2)23-18-16-11-22-26(19(16)25-20(24-18)29-4)9-8-21-17(27)12-28-15-7-5-6-14(3)10-15/h5-7,10-11,13H,8-9,12H2,1-4H3,(H,21,27)(H,23,24,25). The normalized spacial score (nSPS) is 11.1. The van der Waals surface area contributed by atoms with Gasteiger partial charge < -0.3 is 15.4 Å². The van der Waals surface area contributed by atoms with Crippen LogP contribution in [0, 0.1) is 6.92 Å². The number of amides is 1. The fraction of sp³-hybridized carbons (Fsp3) is 0.400. The quantitative estimate of drug-likeness (QED) is 0.411. The van der Waals surface area contributed by atoms with E-state index in [0.717, 1.165) is 22.4 Å². The molecule has 0 atom stereocenters. The Bertz CT molecular complexity index is 988. The van der Waals surface area contributed by atoms with E-state index in [1.807, 2.05) is 37.4 Å². The first-order valence-electron chi connectivity index (χ1n) is 9.46. The van der Waals surface area contributed by atoms with Crippen molar-refractivity contribution in [3.8, 4) is 5.75 Å². The Labute approximate surface area is 174 Å². The highest BCUT2D eigenvalue weighted by Crippen LogP contribution is 2.23. The highest BCUT2D eigenvalue weighted by Gasteiger charge is 2.13. The molecule has 0 saturated carbocycles. The van der Waals surface area contributed by atoms with E-state index in [1.165, 1.54) is 11.8 Å². The molecular weight excluding hydrogens is 388 g/mol. The van der Waals surface area contributed by atoms with Gasteiger partial charge >= 0.3 is 0 Å². The van der Waals surface area contributed by atoms with E-state index < -0.39 is 0 Å². The van der Waals surface area contributed by atoms with Crippen molar-refractivity contribution in [2.24, 2.45) is 0 Å². The van der Waals surface area contributed by atoms with Crippen molar-refractivity contribution < 1.29 is 9.53 Å². The number of aromatic nitrogens is 4. The number of aryl methyl sites for hydroxylation is 1. The van der Waals surface area contributed by atoms with E-state index in [0.29, 0.717) is 24.0 Å². The molecule has 154 valence electrons. The molecule has 0 aliphatic heterocycles.